The molecule has 168 valence electrons. The zero-order valence-electron chi connectivity index (χ0n) is 17.7. The van der Waals surface area contributed by atoms with Crippen molar-refractivity contribution in [3.05, 3.63) is 48.0 Å². The predicted octanol–water partition coefficient (Wildman–Crippen LogP) is 4.34. The van der Waals surface area contributed by atoms with Crippen LogP contribution >= 0.6 is 0 Å². The fourth-order valence-electron chi connectivity index (χ4n) is 2.83. The molecule has 0 fully saturated rings. The first-order valence-electron chi connectivity index (χ1n) is 10.5. The Bertz CT molecular complexity index is 646. The molecule has 0 radical (unpaired) electrons. The zero-order valence-corrected chi connectivity index (χ0v) is 17.7. The van der Waals surface area contributed by atoms with E-state index in [-0.39, 0.29) is 6.42 Å². The molecule has 1 heterocycles. The molecular formula is C23H34O7. The van der Waals surface area contributed by atoms with Crippen molar-refractivity contribution in [2.45, 2.75) is 76.9 Å². The molecule has 0 bridgehead atoms. The molecule has 0 aliphatic carbocycles. The Labute approximate surface area is 178 Å². The summed E-state index contributed by atoms with van der Waals surface area (Å²) in [5, 5.41) is 28.5. The first-order chi connectivity index (χ1) is 14.5. The standard InChI is InChI=1S/C23H34O7/c1-2-3-4-5-6-7-8-9-10-11-12-13-14-15-16-19(25)29-17-18(24)22-20(26)21(27)23(28)30-22/h2-3,5-6,8-9,18,22,24,26-27H,4,7,10-17H2,1H3/b3-2+,6-5-,9-8-. The van der Waals surface area contributed by atoms with Crippen molar-refractivity contribution in [3.8, 4) is 0 Å². The molecule has 30 heavy (non-hydrogen) atoms. The monoisotopic (exact) mass is 422 g/mol. The van der Waals surface area contributed by atoms with Gasteiger partial charge in [0, 0.05) is 6.42 Å². The van der Waals surface area contributed by atoms with Gasteiger partial charge in [0.25, 0.3) is 0 Å². The molecule has 1 rings (SSSR count). The maximum absolute atomic E-state index is 11.7. The number of cyclic esters (lactones) is 1. The average molecular weight is 423 g/mol. The lowest BCUT2D eigenvalue weighted by molar-refractivity contribution is -0.154. The number of hydrogen-bond acceptors (Lipinski definition) is 7. The molecule has 2 unspecified atom stereocenters. The highest BCUT2D eigenvalue weighted by Gasteiger charge is 2.39. The Balaban J connectivity index is 1.99. The fourth-order valence-corrected chi connectivity index (χ4v) is 2.83. The first kappa shape index (κ1) is 25.5. The van der Waals surface area contributed by atoms with Crippen molar-refractivity contribution in [3.63, 3.8) is 0 Å². The highest BCUT2D eigenvalue weighted by Crippen LogP contribution is 2.21. The number of carbonyl (C=O) groups excluding carboxylic acids is 2. The Hall–Kier alpha value is -2.54. The van der Waals surface area contributed by atoms with E-state index in [1.54, 1.807) is 0 Å². The van der Waals surface area contributed by atoms with Gasteiger partial charge in [0.2, 0.25) is 5.76 Å². The number of unbranched alkanes of at least 4 members (excludes halogenated alkanes) is 5. The van der Waals surface area contributed by atoms with Crippen molar-refractivity contribution in [2.75, 3.05) is 6.61 Å². The highest BCUT2D eigenvalue weighted by molar-refractivity contribution is 5.89. The van der Waals surface area contributed by atoms with Gasteiger partial charge in [-0.3, -0.25) is 4.79 Å². The third-order valence-corrected chi connectivity index (χ3v) is 4.57. The second-order valence-corrected chi connectivity index (χ2v) is 7.10. The summed E-state index contributed by atoms with van der Waals surface area (Å²) in [5.41, 5.74) is 0. The molecule has 0 aromatic heterocycles. The number of esters is 2. The summed E-state index contributed by atoms with van der Waals surface area (Å²) in [6.45, 7) is 1.59. The summed E-state index contributed by atoms with van der Waals surface area (Å²) in [6.07, 6.45) is 18.2. The van der Waals surface area contributed by atoms with E-state index >= 15 is 0 Å². The van der Waals surface area contributed by atoms with Crippen LogP contribution in [0.1, 0.15) is 64.7 Å². The first-order valence-corrected chi connectivity index (χ1v) is 10.5. The van der Waals surface area contributed by atoms with E-state index in [1.807, 2.05) is 13.0 Å². The van der Waals surface area contributed by atoms with Crippen LogP contribution in [0, 0.1) is 0 Å². The minimum Gasteiger partial charge on any atom is -0.505 e. The van der Waals surface area contributed by atoms with Gasteiger partial charge in [-0.1, -0.05) is 55.7 Å². The van der Waals surface area contributed by atoms with Gasteiger partial charge in [0.05, 0.1) is 0 Å². The second-order valence-electron chi connectivity index (χ2n) is 7.10. The normalized spacial score (nSPS) is 18.1. The molecule has 0 aromatic carbocycles. The molecule has 1 aliphatic rings. The lowest BCUT2D eigenvalue weighted by Gasteiger charge is -2.17. The van der Waals surface area contributed by atoms with Crippen LogP contribution in [0.2, 0.25) is 0 Å². The van der Waals surface area contributed by atoms with Crippen molar-refractivity contribution >= 4 is 11.9 Å². The van der Waals surface area contributed by atoms with Crippen molar-refractivity contribution < 1.29 is 34.4 Å². The maximum Gasteiger partial charge on any atom is 0.377 e. The molecule has 1 aliphatic heterocycles. The number of carbonyl (C=O) groups is 2. The average Bonchev–Trinajstić information content (AvgIpc) is 2.99. The van der Waals surface area contributed by atoms with Crippen LogP contribution in [-0.2, 0) is 19.1 Å². The van der Waals surface area contributed by atoms with E-state index in [0.717, 1.165) is 44.9 Å². The zero-order chi connectivity index (χ0) is 22.2. The van der Waals surface area contributed by atoms with E-state index in [1.165, 1.54) is 0 Å². The van der Waals surface area contributed by atoms with Gasteiger partial charge in [0.1, 0.15) is 12.7 Å². The molecule has 0 amide bonds. The molecule has 3 N–H and O–H groups in total. The highest BCUT2D eigenvalue weighted by atomic mass is 16.6. The predicted molar refractivity (Wildman–Crippen MR) is 114 cm³/mol. The lowest BCUT2D eigenvalue weighted by Crippen LogP contribution is -2.33. The number of allylic oxidation sites excluding steroid dienone is 6. The minimum atomic E-state index is -1.43. The SMILES string of the molecule is C/C=C/C/C=C\C/C=C\CCCCCCCC(=O)OCC(O)C1OC(=O)C(O)=C1O. The smallest absolute Gasteiger partial charge is 0.377 e. The van der Waals surface area contributed by atoms with Gasteiger partial charge < -0.3 is 24.8 Å². The number of aliphatic hydroxyl groups is 3. The third kappa shape index (κ3) is 10.3. The Morgan fingerprint density at radius 1 is 1.03 bits per heavy atom. The van der Waals surface area contributed by atoms with Crippen molar-refractivity contribution in [1.29, 1.82) is 0 Å². The summed E-state index contributed by atoms with van der Waals surface area (Å²) in [7, 11) is 0. The van der Waals surface area contributed by atoms with Crippen LogP contribution < -0.4 is 0 Å². The van der Waals surface area contributed by atoms with Gasteiger partial charge in [-0.25, -0.2) is 4.79 Å². The number of ether oxygens (including phenoxy) is 2. The molecular weight excluding hydrogens is 388 g/mol. The third-order valence-electron chi connectivity index (χ3n) is 4.57. The molecule has 0 saturated heterocycles. The summed E-state index contributed by atoms with van der Waals surface area (Å²) in [4.78, 5) is 22.8. The van der Waals surface area contributed by atoms with Gasteiger partial charge in [0.15, 0.2) is 11.9 Å². The maximum atomic E-state index is 11.7. The minimum absolute atomic E-state index is 0.240. The van der Waals surface area contributed by atoms with E-state index in [0.29, 0.717) is 6.42 Å². The van der Waals surface area contributed by atoms with Crippen LogP contribution in [0.15, 0.2) is 48.0 Å². The Kier molecular flexibility index (Phi) is 13.0. The van der Waals surface area contributed by atoms with E-state index in [4.69, 9.17) is 4.74 Å². The van der Waals surface area contributed by atoms with Crippen LogP contribution in [-0.4, -0.2) is 46.1 Å². The Morgan fingerprint density at radius 2 is 1.67 bits per heavy atom. The molecule has 7 heteroatoms. The molecule has 0 aromatic rings. The van der Waals surface area contributed by atoms with E-state index in [9.17, 15) is 24.9 Å². The summed E-state index contributed by atoms with van der Waals surface area (Å²) >= 11 is 0. The van der Waals surface area contributed by atoms with Crippen LogP contribution in [0.4, 0.5) is 0 Å². The second kappa shape index (κ2) is 15.3. The summed E-state index contributed by atoms with van der Waals surface area (Å²) < 4.78 is 9.54. The van der Waals surface area contributed by atoms with Crippen molar-refractivity contribution in [1.82, 2.24) is 0 Å². The van der Waals surface area contributed by atoms with Gasteiger partial charge >= 0.3 is 11.9 Å². The van der Waals surface area contributed by atoms with E-state index in [2.05, 4.69) is 35.1 Å². The summed E-state index contributed by atoms with van der Waals surface area (Å²) in [6, 6.07) is 0. The van der Waals surface area contributed by atoms with Crippen LogP contribution in [0.3, 0.4) is 0 Å². The van der Waals surface area contributed by atoms with E-state index < -0.39 is 42.3 Å². The lowest BCUT2D eigenvalue weighted by atomic mass is 10.1. The van der Waals surface area contributed by atoms with Gasteiger partial charge in [-0.2, -0.15) is 0 Å². The van der Waals surface area contributed by atoms with Crippen molar-refractivity contribution in [2.24, 2.45) is 0 Å². The molecule has 7 nitrogen and oxygen atoms in total. The quantitative estimate of drug-likeness (QED) is 0.204. The van der Waals surface area contributed by atoms with Gasteiger partial charge in [-0.05, 0) is 39.0 Å². The van der Waals surface area contributed by atoms with Gasteiger partial charge in [-0.15, -0.1) is 0 Å². The molecule has 0 spiro atoms. The molecule has 2 atom stereocenters. The number of aliphatic hydroxyl groups excluding tert-OH is 3. The number of rotatable bonds is 15. The largest absolute Gasteiger partial charge is 0.505 e. The van der Waals surface area contributed by atoms with Crippen LogP contribution in [0.5, 0.6) is 0 Å². The number of hydrogen-bond donors (Lipinski definition) is 3. The summed E-state index contributed by atoms with van der Waals surface area (Å²) in [5.74, 6) is -3.26. The topological polar surface area (TPSA) is 113 Å². The molecule has 0 saturated carbocycles. The Morgan fingerprint density at radius 3 is 2.33 bits per heavy atom. The van der Waals surface area contributed by atoms with Crippen LogP contribution in [0.25, 0.3) is 0 Å². The fraction of sp³-hybridized carbons (Fsp3) is 0.565.